The largest absolute Gasteiger partial charge is 3.00 e. The summed E-state index contributed by atoms with van der Waals surface area (Å²) < 4.78 is 0. The maximum Gasteiger partial charge on any atom is 3.00 e. The molecule has 0 rings (SSSR count). The molecule has 0 aliphatic heterocycles. The van der Waals surface area contributed by atoms with Gasteiger partial charge in [-0.05, 0) is 27.7 Å². The first-order chi connectivity index (χ1) is 9.44. The fourth-order valence-corrected chi connectivity index (χ4v) is 1.07. The van der Waals surface area contributed by atoms with Crippen molar-refractivity contribution < 1.29 is 27.2 Å². The Morgan fingerprint density at radius 3 is 1.38 bits per heavy atom. The molecular formula is C12H30CoN6O2+3. The van der Waals surface area contributed by atoms with Crippen LogP contribution >= 0.6 is 0 Å². The van der Waals surface area contributed by atoms with Crippen LogP contribution in [0, 0.1) is 0 Å². The van der Waals surface area contributed by atoms with Gasteiger partial charge in [-0.1, -0.05) is 10.3 Å². The Hall–Kier alpha value is -0.714. The van der Waals surface area contributed by atoms with Gasteiger partial charge in [0.2, 0.25) is 0 Å². The maximum atomic E-state index is 8.32. The second-order valence-corrected chi connectivity index (χ2v) is 4.41. The summed E-state index contributed by atoms with van der Waals surface area (Å²) in [4.78, 5) is 0. The van der Waals surface area contributed by atoms with Gasteiger partial charge in [-0.3, -0.25) is 0 Å². The van der Waals surface area contributed by atoms with Gasteiger partial charge in [0.15, 0.2) is 0 Å². The number of rotatable bonds is 8. The van der Waals surface area contributed by atoms with Crippen LogP contribution in [0.5, 0.6) is 0 Å². The first-order valence-corrected chi connectivity index (χ1v) is 6.68. The van der Waals surface area contributed by atoms with Crippen LogP contribution in [0.25, 0.3) is 0 Å². The summed E-state index contributed by atoms with van der Waals surface area (Å²) >= 11 is 0. The molecule has 0 bridgehead atoms. The first kappa shape index (κ1) is 25.3. The Labute approximate surface area is 137 Å². The zero-order valence-electron chi connectivity index (χ0n) is 13.3. The SMILES string of the molecule is CC(=NO)C(C)NCCN.CC(=NO)C(C)NCCN.[Co+3]. The predicted octanol–water partition coefficient (Wildman–Crippen LogP) is -0.456. The summed E-state index contributed by atoms with van der Waals surface area (Å²) in [6, 6.07) is 0.210. The third-order valence-corrected chi connectivity index (χ3v) is 2.76. The molecule has 0 heterocycles. The summed E-state index contributed by atoms with van der Waals surface area (Å²) in [5.41, 5.74) is 11.9. The van der Waals surface area contributed by atoms with E-state index < -0.39 is 0 Å². The topological polar surface area (TPSA) is 141 Å². The Morgan fingerprint density at radius 1 is 0.905 bits per heavy atom. The molecule has 0 aromatic rings. The minimum Gasteiger partial charge on any atom is -0.411 e. The van der Waals surface area contributed by atoms with E-state index in [1.54, 1.807) is 13.8 Å². The van der Waals surface area contributed by atoms with Crippen LogP contribution in [-0.2, 0) is 16.8 Å². The standard InChI is InChI=1S/2C6H15N3O.Co/c2*1-5(6(2)9-10)8-4-3-7;/h2*5,8,10H,3-4,7H2,1-2H3;/q;;+3. The number of hydrogen-bond acceptors (Lipinski definition) is 8. The van der Waals surface area contributed by atoms with E-state index in [-0.39, 0.29) is 28.9 Å². The van der Waals surface area contributed by atoms with E-state index in [9.17, 15) is 0 Å². The van der Waals surface area contributed by atoms with Gasteiger partial charge in [0.1, 0.15) is 0 Å². The number of nitrogens with one attached hydrogen (secondary N) is 2. The van der Waals surface area contributed by atoms with E-state index in [1.165, 1.54) is 0 Å². The zero-order chi connectivity index (χ0) is 16.0. The first-order valence-electron chi connectivity index (χ1n) is 6.68. The average molecular weight is 349 g/mol. The Balaban J connectivity index is -0.000000295. The molecule has 0 aromatic carbocycles. The van der Waals surface area contributed by atoms with Crippen LogP contribution in [0.4, 0.5) is 0 Å². The van der Waals surface area contributed by atoms with Crippen LogP contribution < -0.4 is 22.1 Å². The van der Waals surface area contributed by atoms with Gasteiger partial charge >= 0.3 is 16.8 Å². The summed E-state index contributed by atoms with van der Waals surface area (Å²) in [6.07, 6.45) is 0. The number of nitrogens with zero attached hydrogens (tertiary/aromatic N) is 2. The van der Waals surface area contributed by atoms with Crippen molar-refractivity contribution in [3.63, 3.8) is 0 Å². The van der Waals surface area contributed by atoms with Crippen molar-refractivity contribution in [1.82, 2.24) is 10.6 Å². The molecule has 0 aliphatic rings. The third-order valence-electron chi connectivity index (χ3n) is 2.76. The molecule has 126 valence electrons. The molecule has 9 heteroatoms. The van der Waals surface area contributed by atoms with Crippen LogP contribution in [0.3, 0.4) is 0 Å². The molecule has 0 fully saturated rings. The molecule has 21 heavy (non-hydrogen) atoms. The van der Waals surface area contributed by atoms with Gasteiger partial charge in [0.05, 0.1) is 11.4 Å². The fraction of sp³-hybridized carbons (Fsp3) is 0.833. The normalized spacial score (nSPS) is 14.6. The van der Waals surface area contributed by atoms with Gasteiger partial charge in [0.25, 0.3) is 0 Å². The van der Waals surface area contributed by atoms with E-state index in [1.807, 2.05) is 13.8 Å². The molecular weight excluding hydrogens is 319 g/mol. The molecule has 0 saturated heterocycles. The Bertz CT molecular complexity index is 261. The smallest absolute Gasteiger partial charge is 0.411 e. The van der Waals surface area contributed by atoms with Gasteiger partial charge in [-0.2, -0.15) is 0 Å². The van der Waals surface area contributed by atoms with E-state index in [0.717, 1.165) is 13.1 Å². The maximum absolute atomic E-state index is 8.32. The molecule has 0 aromatic heterocycles. The molecule has 0 saturated carbocycles. The van der Waals surface area contributed by atoms with Crippen molar-refractivity contribution >= 4 is 11.4 Å². The average Bonchev–Trinajstić information content (AvgIpc) is 2.48. The van der Waals surface area contributed by atoms with Gasteiger partial charge in [-0.25, -0.2) is 0 Å². The quantitative estimate of drug-likeness (QED) is 0.199. The molecule has 2 atom stereocenters. The van der Waals surface area contributed by atoms with Crippen molar-refractivity contribution in [3.05, 3.63) is 0 Å². The molecule has 0 amide bonds. The summed E-state index contributed by atoms with van der Waals surface area (Å²) in [6.45, 7) is 10.0. The zero-order valence-corrected chi connectivity index (χ0v) is 14.3. The van der Waals surface area contributed by atoms with Crippen LogP contribution in [-0.4, -0.2) is 60.1 Å². The minimum absolute atomic E-state index is 0. The van der Waals surface area contributed by atoms with Crippen molar-refractivity contribution in [2.75, 3.05) is 26.2 Å². The van der Waals surface area contributed by atoms with Gasteiger partial charge in [0, 0.05) is 38.3 Å². The number of nitrogens with two attached hydrogens (primary N) is 2. The van der Waals surface area contributed by atoms with Crippen LogP contribution in [0.1, 0.15) is 27.7 Å². The molecule has 2 unspecified atom stereocenters. The second-order valence-electron chi connectivity index (χ2n) is 4.41. The van der Waals surface area contributed by atoms with Gasteiger partial charge < -0.3 is 32.5 Å². The van der Waals surface area contributed by atoms with Crippen molar-refractivity contribution in [3.8, 4) is 0 Å². The summed E-state index contributed by atoms with van der Waals surface area (Å²) in [5.74, 6) is 0. The fourth-order valence-electron chi connectivity index (χ4n) is 1.07. The van der Waals surface area contributed by atoms with Crippen molar-refractivity contribution in [1.29, 1.82) is 0 Å². The van der Waals surface area contributed by atoms with Crippen LogP contribution in [0.2, 0.25) is 0 Å². The molecule has 0 radical (unpaired) electrons. The summed E-state index contributed by atoms with van der Waals surface area (Å²) in [7, 11) is 0. The van der Waals surface area contributed by atoms with E-state index in [0.29, 0.717) is 24.5 Å². The van der Waals surface area contributed by atoms with E-state index >= 15 is 0 Å². The Kier molecular flexibility index (Phi) is 20.8. The number of hydrogen-bond donors (Lipinski definition) is 6. The van der Waals surface area contributed by atoms with E-state index in [4.69, 9.17) is 21.9 Å². The van der Waals surface area contributed by atoms with Crippen LogP contribution in [0.15, 0.2) is 10.3 Å². The molecule has 8 nitrogen and oxygen atoms in total. The number of oxime groups is 2. The van der Waals surface area contributed by atoms with Crippen molar-refractivity contribution in [2.45, 2.75) is 39.8 Å². The predicted molar refractivity (Wildman–Crippen MR) is 82.8 cm³/mol. The van der Waals surface area contributed by atoms with Crippen molar-refractivity contribution in [2.24, 2.45) is 21.8 Å². The minimum atomic E-state index is 0. The molecule has 8 N–H and O–H groups in total. The summed E-state index contributed by atoms with van der Waals surface area (Å²) in [5, 5.41) is 28.9. The Morgan fingerprint density at radius 2 is 1.19 bits per heavy atom. The second kappa shape index (κ2) is 17.3. The van der Waals surface area contributed by atoms with E-state index in [2.05, 4.69) is 20.9 Å². The third kappa shape index (κ3) is 15.5. The molecule has 0 aliphatic carbocycles. The molecule has 0 spiro atoms. The monoisotopic (exact) mass is 349 g/mol. The van der Waals surface area contributed by atoms with Gasteiger partial charge in [-0.15, -0.1) is 0 Å².